The molecule has 0 aromatic carbocycles. The molecule has 2 aliphatic heterocycles. The van der Waals surface area contributed by atoms with Crippen LogP contribution in [-0.2, 0) is 14.2 Å². The number of rotatable bonds is 4. The van der Waals surface area contributed by atoms with Crippen molar-refractivity contribution in [2.24, 2.45) is 0 Å². The molecule has 0 unspecified atom stereocenters. The van der Waals surface area contributed by atoms with E-state index in [9.17, 15) is 30.6 Å². The standard InChI is InChI=1S/C12H22O11/c13-1-3-6(16)8(18)10(11(20)21-3)23-12-9(19)7(17)5(15)4(2-14)22-12/h3-20H,1-2H2/t3-,4-,5-,6-,7-,8-,9-,10-,11-,12+/m1/s1. The van der Waals surface area contributed by atoms with Crippen LogP contribution < -0.4 is 0 Å². The van der Waals surface area contributed by atoms with Gasteiger partial charge in [0.05, 0.1) is 13.2 Å². The Labute approximate surface area is 130 Å². The van der Waals surface area contributed by atoms with Crippen molar-refractivity contribution < 1.29 is 55.1 Å². The van der Waals surface area contributed by atoms with Gasteiger partial charge >= 0.3 is 0 Å². The van der Waals surface area contributed by atoms with E-state index in [4.69, 9.17) is 24.4 Å². The van der Waals surface area contributed by atoms with Crippen LogP contribution in [0.15, 0.2) is 0 Å². The molecule has 10 atom stereocenters. The van der Waals surface area contributed by atoms with Crippen LogP contribution in [0.2, 0.25) is 0 Å². The Kier molecular flexibility index (Phi) is 6.27. The van der Waals surface area contributed by atoms with Gasteiger partial charge in [0.1, 0.15) is 48.8 Å². The molecule has 2 saturated heterocycles. The van der Waals surface area contributed by atoms with Crippen LogP contribution >= 0.6 is 0 Å². The predicted octanol–water partition coefficient (Wildman–Crippen LogP) is -5.40. The lowest BCUT2D eigenvalue weighted by Crippen LogP contribution is -2.64. The van der Waals surface area contributed by atoms with Crippen LogP contribution in [0.5, 0.6) is 0 Å². The molecule has 2 heterocycles. The summed E-state index contributed by atoms with van der Waals surface area (Å²) in [7, 11) is 0. The number of aliphatic hydroxyl groups excluding tert-OH is 8. The van der Waals surface area contributed by atoms with E-state index in [0.29, 0.717) is 0 Å². The Morgan fingerprint density at radius 1 is 0.652 bits per heavy atom. The highest BCUT2D eigenvalue weighted by molar-refractivity contribution is 4.93. The first-order valence-electron chi connectivity index (χ1n) is 7.08. The van der Waals surface area contributed by atoms with Gasteiger partial charge < -0.3 is 55.1 Å². The second-order valence-electron chi connectivity index (χ2n) is 5.53. The fraction of sp³-hybridized carbons (Fsp3) is 1.00. The van der Waals surface area contributed by atoms with Crippen LogP contribution in [-0.4, -0.2) is 115 Å². The number of hydrogen-bond acceptors (Lipinski definition) is 11. The molecular formula is C12H22O11. The molecule has 0 saturated carbocycles. The van der Waals surface area contributed by atoms with Gasteiger partial charge in [-0.3, -0.25) is 0 Å². The second kappa shape index (κ2) is 7.63. The number of ether oxygens (including phenoxy) is 3. The minimum absolute atomic E-state index is 0.651. The van der Waals surface area contributed by atoms with Crippen LogP contribution in [0, 0.1) is 0 Å². The van der Waals surface area contributed by atoms with Crippen LogP contribution in [0.3, 0.4) is 0 Å². The molecule has 0 spiro atoms. The van der Waals surface area contributed by atoms with Crippen molar-refractivity contribution in [1.29, 1.82) is 0 Å². The molecule has 2 fully saturated rings. The summed E-state index contributed by atoms with van der Waals surface area (Å²) in [5, 5.41) is 76.7. The van der Waals surface area contributed by atoms with Gasteiger partial charge in [-0.2, -0.15) is 0 Å². The van der Waals surface area contributed by atoms with Crippen molar-refractivity contribution in [2.45, 2.75) is 61.4 Å². The Hall–Kier alpha value is -0.440. The largest absolute Gasteiger partial charge is 0.394 e. The van der Waals surface area contributed by atoms with Crippen molar-refractivity contribution in [2.75, 3.05) is 13.2 Å². The Morgan fingerprint density at radius 3 is 1.74 bits per heavy atom. The summed E-state index contributed by atoms with van der Waals surface area (Å²) in [5.74, 6) is 0. The molecule has 23 heavy (non-hydrogen) atoms. The molecular weight excluding hydrogens is 320 g/mol. The van der Waals surface area contributed by atoms with Gasteiger partial charge in [0, 0.05) is 0 Å². The van der Waals surface area contributed by atoms with E-state index in [1.807, 2.05) is 0 Å². The van der Waals surface area contributed by atoms with Gasteiger partial charge in [0.15, 0.2) is 12.6 Å². The van der Waals surface area contributed by atoms with Gasteiger partial charge in [0.2, 0.25) is 0 Å². The molecule has 0 aromatic rings. The highest BCUT2D eigenvalue weighted by atomic mass is 16.7. The van der Waals surface area contributed by atoms with Gasteiger partial charge in [-0.05, 0) is 0 Å². The molecule has 0 aromatic heterocycles. The average molecular weight is 342 g/mol. The molecule has 2 aliphatic rings. The Morgan fingerprint density at radius 2 is 1.17 bits per heavy atom. The van der Waals surface area contributed by atoms with Crippen LogP contribution in [0.4, 0.5) is 0 Å². The van der Waals surface area contributed by atoms with E-state index in [1.165, 1.54) is 0 Å². The third-order valence-corrected chi connectivity index (χ3v) is 3.98. The summed E-state index contributed by atoms with van der Waals surface area (Å²) < 4.78 is 15.1. The minimum atomic E-state index is -1.75. The normalized spacial score (nSPS) is 51.7. The van der Waals surface area contributed by atoms with Crippen molar-refractivity contribution >= 4 is 0 Å². The number of hydrogen-bond donors (Lipinski definition) is 8. The molecule has 8 N–H and O–H groups in total. The van der Waals surface area contributed by atoms with E-state index in [2.05, 4.69) is 0 Å². The summed E-state index contributed by atoms with van der Waals surface area (Å²) in [6.07, 6.45) is -15.6. The van der Waals surface area contributed by atoms with Gasteiger partial charge in [-0.1, -0.05) is 0 Å². The van der Waals surface area contributed by atoms with E-state index in [0.717, 1.165) is 0 Å². The van der Waals surface area contributed by atoms with E-state index in [1.54, 1.807) is 0 Å². The maximum absolute atomic E-state index is 9.94. The van der Waals surface area contributed by atoms with Crippen LogP contribution in [0.1, 0.15) is 0 Å². The van der Waals surface area contributed by atoms with Crippen molar-refractivity contribution in [3.63, 3.8) is 0 Å². The van der Waals surface area contributed by atoms with E-state index < -0.39 is 74.6 Å². The smallest absolute Gasteiger partial charge is 0.187 e. The summed E-state index contributed by atoms with van der Waals surface area (Å²) >= 11 is 0. The molecule has 11 nitrogen and oxygen atoms in total. The molecule has 2 rings (SSSR count). The molecule has 0 amide bonds. The lowest BCUT2D eigenvalue weighted by molar-refractivity contribution is -0.361. The van der Waals surface area contributed by atoms with Crippen molar-refractivity contribution in [3.05, 3.63) is 0 Å². The van der Waals surface area contributed by atoms with E-state index >= 15 is 0 Å². The lowest BCUT2D eigenvalue weighted by atomic mass is 9.97. The first kappa shape index (κ1) is 18.9. The van der Waals surface area contributed by atoms with Gasteiger partial charge in [-0.15, -0.1) is 0 Å². The van der Waals surface area contributed by atoms with Gasteiger partial charge in [0.25, 0.3) is 0 Å². The summed E-state index contributed by atoms with van der Waals surface area (Å²) in [6.45, 7) is -1.33. The lowest BCUT2D eigenvalue weighted by Gasteiger charge is -2.44. The molecule has 0 bridgehead atoms. The third-order valence-electron chi connectivity index (χ3n) is 3.98. The second-order valence-corrected chi connectivity index (χ2v) is 5.53. The van der Waals surface area contributed by atoms with Crippen molar-refractivity contribution in [1.82, 2.24) is 0 Å². The monoisotopic (exact) mass is 342 g/mol. The Bertz CT molecular complexity index is 380. The SMILES string of the molecule is OC[C@H]1O[C@@H](O[C@@H]2[C@H](O)[C@H](O)[C@@H](CO)O[C@H]2O)[C@H](O)[C@H](O)[C@@H]1O. The zero-order valence-electron chi connectivity index (χ0n) is 12.0. The van der Waals surface area contributed by atoms with Crippen molar-refractivity contribution in [3.8, 4) is 0 Å². The summed E-state index contributed by atoms with van der Waals surface area (Å²) in [6, 6.07) is 0. The first-order valence-corrected chi connectivity index (χ1v) is 7.08. The maximum atomic E-state index is 9.94. The third kappa shape index (κ3) is 3.65. The Balaban J connectivity index is 2.08. The fourth-order valence-corrected chi connectivity index (χ4v) is 2.55. The first-order chi connectivity index (χ1) is 10.8. The summed E-state index contributed by atoms with van der Waals surface area (Å²) in [4.78, 5) is 0. The average Bonchev–Trinajstić information content (AvgIpc) is 2.54. The summed E-state index contributed by atoms with van der Waals surface area (Å²) in [5.41, 5.74) is 0. The zero-order valence-corrected chi connectivity index (χ0v) is 12.0. The molecule has 0 aliphatic carbocycles. The minimum Gasteiger partial charge on any atom is -0.394 e. The highest BCUT2D eigenvalue weighted by Gasteiger charge is 2.50. The topological polar surface area (TPSA) is 190 Å². The molecule has 136 valence electrons. The molecule has 0 radical (unpaired) electrons. The number of aliphatic hydroxyl groups is 8. The zero-order chi connectivity index (χ0) is 17.3. The van der Waals surface area contributed by atoms with E-state index in [-0.39, 0.29) is 0 Å². The highest BCUT2D eigenvalue weighted by Crippen LogP contribution is 2.28. The quantitative estimate of drug-likeness (QED) is 0.243. The van der Waals surface area contributed by atoms with Crippen LogP contribution in [0.25, 0.3) is 0 Å². The maximum Gasteiger partial charge on any atom is 0.187 e. The molecule has 11 heteroatoms. The van der Waals surface area contributed by atoms with Gasteiger partial charge in [-0.25, -0.2) is 0 Å². The predicted molar refractivity (Wildman–Crippen MR) is 68.6 cm³/mol. The fourth-order valence-electron chi connectivity index (χ4n) is 2.55.